The number of benzene rings is 1. The molecule has 1 atom stereocenters. The molecular formula is C16H22OS. The van der Waals surface area contributed by atoms with Gasteiger partial charge in [-0.25, -0.2) is 0 Å². The first-order valence-corrected chi connectivity index (χ1v) is 7.37. The van der Waals surface area contributed by atoms with Gasteiger partial charge in [0.15, 0.2) is 0 Å². The van der Waals surface area contributed by atoms with E-state index in [9.17, 15) is 5.11 Å². The van der Waals surface area contributed by atoms with Crippen molar-refractivity contribution < 1.29 is 5.11 Å². The van der Waals surface area contributed by atoms with Gasteiger partial charge in [-0.05, 0) is 52.2 Å². The molecule has 0 spiro atoms. The van der Waals surface area contributed by atoms with Crippen molar-refractivity contribution in [1.29, 1.82) is 0 Å². The number of hydrogen-bond donors (Lipinski definition) is 1. The SMILES string of the molecule is CC1=CCC(O)(C(C)(C)Sc2ccccc2)CC1. The molecule has 2 rings (SSSR count). The third kappa shape index (κ3) is 2.81. The summed E-state index contributed by atoms with van der Waals surface area (Å²) < 4.78 is -0.175. The summed E-state index contributed by atoms with van der Waals surface area (Å²) in [4.78, 5) is 1.22. The molecule has 0 amide bonds. The van der Waals surface area contributed by atoms with Gasteiger partial charge >= 0.3 is 0 Å². The lowest BCUT2D eigenvalue weighted by molar-refractivity contribution is 0.00144. The highest BCUT2D eigenvalue weighted by atomic mass is 32.2. The van der Waals surface area contributed by atoms with Crippen LogP contribution in [0.4, 0.5) is 0 Å². The Morgan fingerprint density at radius 3 is 2.44 bits per heavy atom. The standard InChI is InChI=1S/C16H22OS/c1-13-9-11-16(17,12-10-13)15(2,3)18-14-7-5-4-6-8-14/h4-9,17H,10-12H2,1-3H3. The minimum absolute atomic E-state index is 0.175. The Kier molecular flexibility index (Phi) is 3.88. The first-order chi connectivity index (χ1) is 8.43. The van der Waals surface area contributed by atoms with Gasteiger partial charge in [-0.1, -0.05) is 29.8 Å². The molecule has 2 heteroatoms. The third-order valence-electron chi connectivity index (χ3n) is 3.96. The zero-order valence-corrected chi connectivity index (χ0v) is 12.3. The molecule has 1 unspecified atom stereocenters. The Labute approximate surface area is 114 Å². The highest BCUT2D eigenvalue weighted by molar-refractivity contribution is 8.00. The van der Waals surface area contributed by atoms with Crippen molar-refractivity contribution >= 4 is 11.8 Å². The Morgan fingerprint density at radius 1 is 1.22 bits per heavy atom. The Hall–Kier alpha value is -0.730. The van der Waals surface area contributed by atoms with E-state index in [-0.39, 0.29) is 4.75 Å². The lowest BCUT2D eigenvalue weighted by Gasteiger charge is -2.44. The van der Waals surface area contributed by atoms with Gasteiger partial charge in [-0.2, -0.15) is 0 Å². The van der Waals surface area contributed by atoms with E-state index >= 15 is 0 Å². The summed E-state index contributed by atoms with van der Waals surface area (Å²) in [6, 6.07) is 10.3. The third-order valence-corrected chi connectivity index (χ3v) is 5.36. The lowest BCUT2D eigenvalue weighted by atomic mass is 9.77. The average molecular weight is 262 g/mol. The van der Waals surface area contributed by atoms with Crippen LogP contribution in [0.5, 0.6) is 0 Å². The molecule has 0 radical (unpaired) electrons. The van der Waals surface area contributed by atoms with E-state index in [4.69, 9.17) is 0 Å². The molecule has 0 bridgehead atoms. The highest BCUT2D eigenvalue weighted by Crippen LogP contribution is 2.46. The van der Waals surface area contributed by atoms with Crippen LogP contribution in [0.15, 0.2) is 46.9 Å². The number of allylic oxidation sites excluding steroid dienone is 1. The smallest absolute Gasteiger partial charge is 0.0829 e. The Bertz CT molecular complexity index is 436. The predicted molar refractivity (Wildman–Crippen MR) is 78.9 cm³/mol. The summed E-state index contributed by atoms with van der Waals surface area (Å²) in [5.74, 6) is 0. The van der Waals surface area contributed by atoms with Crippen molar-refractivity contribution in [3.63, 3.8) is 0 Å². The number of aliphatic hydroxyl groups is 1. The van der Waals surface area contributed by atoms with Crippen LogP contribution < -0.4 is 0 Å². The number of hydrogen-bond acceptors (Lipinski definition) is 2. The quantitative estimate of drug-likeness (QED) is 0.643. The molecule has 1 aliphatic carbocycles. The zero-order chi connectivity index (χ0) is 13.2. The van der Waals surface area contributed by atoms with Gasteiger partial charge < -0.3 is 5.11 Å². The van der Waals surface area contributed by atoms with E-state index in [0.717, 1.165) is 19.3 Å². The maximum absolute atomic E-state index is 10.9. The van der Waals surface area contributed by atoms with Crippen LogP contribution in [0.3, 0.4) is 0 Å². The molecule has 1 N–H and O–H groups in total. The van der Waals surface area contributed by atoms with Crippen molar-refractivity contribution in [3.8, 4) is 0 Å². The molecule has 1 aliphatic rings. The fraction of sp³-hybridized carbons (Fsp3) is 0.500. The summed E-state index contributed by atoms with van der Waals surface area (Å²) in [5.41, 5.74) is 0.799. The van der Waals surface area contributed by atoms with E-state index in [0.29, 0.717) is 0 Å². The van der Waals surface area contributed by atoms with Gasteiger partial charge in [0.2, 0.25) is 0 Å². The minimum atomic E-state index is -0.604. The summed E-state index contributed by atoms with van der Waals surface area (Å²) in [6.07, 6.45) is 4.83. The molecule has 0 saturated heterocycles. The van der Waals surface area contributed by atoms with Crippen LogP contribution in [0.2, 0.25) is 0 Å². The average Bonchev–Trinajstić information content (AvgIpc) is 2.34. The molecule has 0 saturated carbocycles. The van der Waals surface area contributed by atoms with Gasteiger partial charge in [0, 0.05) is 9.64 Å². The molecule has 1 aromatic carbocycles. The molecule has 0 aliphatic heterocycles. The van der Waals surface area contributed by atoms with Crippen LogP contribution in [0.25, 0.3) is 0 Å². The van der Waals surface area contributed by atoms with Crippen LogP contribution in [-0.2, 0) is 0 Å². The molecule has 1 nitrogen and oxygen atoms in total. The first-order valence-electron chi connectivity index (χ1n) is 6.55. The normalized spacial score (nSPS) is 24.8. The molecule has 18 heavy (non-hydrogen) atoms. The largest absolute Gasteiger partial charge is 0.388 e. The van der Waals surface area contributed by atoms with Crippen molar-refractivity contribution in [2.45, 2.75) is 55.3 Å². The molecule has 0 heterocycles. The fourth-order valence-corrected chi connectivity index (χ4v) is 3.63. The van der Waals surface area contributed by atoms with E-state index in [1.807, 2.05) is 18.2 Å². The van der Waals surface area contributed by atoms with Gasteiger partial charge in [-0.3, -0.25) is 0 Å². The van der Waals surface area contributed by atoms with E-state index in [1.165, 1.54) is 10.5 Å². The van der Waals surface area contributed by atoms with Gasteiger partial charge in [0.05, 0.1) is 5.60 Å². The Balaban J connectivity index is 2.15. The fourth-order valence-electron chi connectivity index (χ4n) is 2.38. The first kappa shape index (κ1) is 13.7. The van der Waals surface area contributed by atoms with E-state index in [1.54, 1.807) is 11.8 Å². The predicted octanol–water partition coefficient (Wildman–Crippen LogP) is 4.42. The van der Waals surface area contributed by atoms with E-state index < -0.39 is 5.60 Å². The van der Waals surface area contributed by atoms with Gasteiger partial charge in [0.25, 0.3) is 0 Å². The second kappa shape index (κ2) is 5.10. The highest BCUT2D eigenvalue weighted by Gasteiger charge is 2.44. The maximum atomic E-state index is 10.9. The second-order valence-corrected chi connectivity index (χ2v) is 7.41. The van der Waals surface area contributed by atoms with Gasteiger partial charge in [0.1, 0.15) is 0 Å². The van der Waals surface area contributed by atoms with Crippen LogP contribution >= 0.6 is 11.8 Å². The molecular weight excluding hydrogens is 240 g/mol. The zero-order valence-electron chi connectivity index (χ0n) is 11.4. The summed E-state index contributed by atoms with van der Waals surface area (Å²) >= 11 is 1.77. The number of rotatable bonds is 3. The van der Waals surface area contributed by atoms with Crippen LogP contribution in [0.1, 0.15) is 40.0 Å². The second-order valence-electron chi connectivity index (χ2n) is 5.71. The van der Waals surface area contributed by atoms with Crippen LogP contribution in [-0.4, -0.2) is 15.5 Å². The lowest BCUT2D eigenvalue weighted by Crippen LogP contribution is -2.48. The number of thioether (sulfide) groups is 1. The monoisotopic (exact) mass is 262 g/mol. The van der Waals surface area contributed by atoms with E-state index in [2.05, 4.69) is 39.0 Å². The summed E-state index contributed by atoms with van der Waals surface area (Å²) in [6.45, 7) is 6.45. The van der Waals surface area contributed by atoms with Crippen molar-refractivity contribution in [2.24, 2.45) is 0 Å². The summed E-state index contributed by atoms with van der Waals surface area (Å²) in [7, 11) is 0. The summed E-state index contributed by atoms with van der Waals surface area (Å²) in [5, 5.41) is 10.9. The van der Waals surface area contributed by atoms with Crippen molar-refractivity contribution in [1.82, 2.24) is 0 Å². The molecule has 0 aromatic heterocycles. The molecule has 98 valence electrons. The van der Waals surface area contributed by atoms with Crippen LogP contribution in [0, 0.1) is 0 Å². The van der Waals surface area contributed by atoms with Crippen molar-refractivity contribution in [2.75, 3.05) is 0 Å². The maximum Gasteiger partial charge on any atom is 0.0829 e. The molecule has 1 aromatic rings. The van der Waals surface area contributed by atoms with Gasteiger partial charge in [-0.15, -0.1) is 11.8 Å². The minimum Gasteiger partial charge on any atom is -0.388 e. The van der Waals surface area contributed by atoms with Crippen molar-refractivity contribution in [3.05, 3.63) is 42.0 Å². The topological polar surface area (TPSA) is 20.2 Å². The molecule has 0 fully saturated rings. The Morgan fingerprint density at radius 2 is 1.89 bits per heavy atom.